The number of benzene rings is 1. The molecule has 2 heterocycles. The highest BCUT2D eigenvalue weighted by atomic mass is 32.2. The van der Waals surface area contributed by atoms with E-state index in [1.54, 1.807) is 12.1 Å². The Morgan fingerprint density at radius 1 is 1.08 bits per heavy atom. The van der Waals surface area contributed by atoms with Crippen LogP contribution in [0.5, 0.6) is 5.75 Å². The van der Waals surface area contributed by atoms with Crippen LogP contribution in [0.1, 0.15) is 63.9 Å². The van der Waals surface area contributed by atoms with Crippen molar-refractivity contribution in [2.45, 2.75) is 82.2 Å². The van der Waals surface area contributed by atoms with Crippen molar-refractivity contribution < 1.29 is 33.2 Å². The molecule has 2 aliphatic rings. The number of ether oxygens (including phenoxy) is 1. The van der Waals surface area contributed by atoms with Crippen molar-refractivity contribution in [1.82, 2.24) is 16.0 Å². The van der Waals surface area contributed by atoms with Crippen LogP contribution >= 0.6 is 19.6 Å². The third-order valence-electron chi connectivity index (χ3n) is 6.60. The molecule has 3 unspecified atom stereocenters. The average molecular weight is 573 g/mol. The fourth-order valence-electron chi connectivity index (χ4n) is 4.70. The summed E-state index contributed by atoms with van der Waals surface area (Å²) in [7, 11) is -4.72. The monoisotopic (exact) mass is 572 g/mol. The van der Waals surface area contributed by atoms with Gasteiger partial charge < -0.3 is 30.5 Å². The average Bonchev–Trinajstić information content (AvgIpc) is 3.40. The normalized spacial score (nSPS) is 20.5. The van der Waals surface area contributed by atoms with Crippen LogP contribution < -0.4 is 25.8 Å². The number of unbranched alkanes of at least 4 members (excludes halogenated alkanes) is 5. The summed E-state index contributed by atoms with van der Waals surface area (Å²) >= 11 is 1.98. The number of amides is 2. The van der Waals surface area contributed by atoms with Gasteiger partial charge in [0.1, 0.15) is 12.4 Å². The van der Waals surface area contributed by atoms with E-state index in [2.05, 4.69) is 21.3 Å². The van der Waals surface area contributed by atoms with Crippen LogP contribution in [0.4, 0.5) is 10.5 Å². The number of fused-ring (bicyclic) bond motifs is 1. The Labute approximate surface area is 228 Å². The van der Waals surface area contributed by atoms with Crippen LogP contribution in [0, 0.1) is 0 Å². The van der Waals surface area contributed by atoms with Gasteiger partial charge >= 0.3 is 19.8 Å². The zero-order valence-electron chi connectivity index (χ0n) is 21.9. The fourth-order valence-corrected chi connectivity index (χ4v) is 6.68. The van der Waals surface area contributed by atoms with E-state index in [1.807, 2.05) is 11.8 Å². The molecule has 2 aliphatic heterocycles. The maximum absolute atomic E-state index is 11.5. The summed E-state index contributed by atoms with van der Waals surface area (Å²) in [4.78, 5) is 40.8. The van der Waals surface area contributed by atoms with Crippen LogP contribution in [0.3, 0.4) is 0 Å². The molecule has 3 rings (SSSR count). The van der Waals surface area contributed by atoms with Gasteiger partial charge in [-0.2, -0.15) is 11.8 Å². The molecule has 0 saturated carbocycles. The highest BCUT2D eigenvalue weighted by Gasteiger charge is 2.42. The number of phosphoric ester groups is 1. The predicted molar refractivity (Wildman–Crippen MR) is 148 cm³/mol. The summed E-state index contributed by atoms with van der Waals surface area (Å²) < 4.78 is 20.9. The lowest BCUT2D eigenvalue weighted by Crippen LogP contribution is -2.36. The summed E-state index contributed by atoms with van der Waals surface area (Å²) in [5.74, 6) is 0.519. The molecular weight excluding hydrogens is 531 g/mol. The fraction of sp³-hybridized carbons (Fsp3) is 0.680. The minimum Gasteiger partial charge on any atom is -0.461 e. The number of hydrogen-bond acceptors (Lipinski definition) is 8. The zero-order chi connectivity index (χ0) is 27.4. The standard InChI is InChI=1S/C25H41N4O7PS/c1-18(30)35-16-19-15-20(10-11-22(19)36-37(32,33)34)27-14-8-3-2-6-12-26-13-7-4-5-9-23-24-21(17-38-23)28-25(31)29-24/h10-11,15,21,23-24,26-27H,2-9,12-14,16-17H2,1H3,(H2,28,29,31)(H2,32,33,34). The second-order valence-electron chi connectivity index (χ2n) is 9.75. The lowest BCUT2D eigenvalue weighted by Gasteiger charge is -2.16. The number of carbonyl (C=O) groups is 2. The third kappa shape index (κ3) is 11.0. The first-order valence-electron chi connectivity index (χ1n) is 13.4. The second-order valence-corrected chi connectivity index (χ2v) is 12.2. The van der Waals surface area contributed by atoms with E-state index in [1.165, 1.54) is 38.7 Å². The van der Waals surface area contributed by atoms with Gasteiger partial charge in [0.25, 0.3) is 0 Å². The van der Waals surface area contributed by atoms with E-state index in [-0.39, 0.29) is 18.4 Å². The number of nitrogens with one attached hydrogen (secondary N) is 4. The topological polar surface area (TPSA) is 158 Å². The molecule has 0 aliphatic carbocycles. The van der Waals surface area contributed by atoms with Crippen molar-refractivity contribution in [3.05, 3.63) is 23.8 Å². The van der Waals surface area contributed by atoms with E-state index >= 15 is 0 Å². The highest BCUT2D eigenvalue weighted by molar-refractivity contribution is 8.00. The van der Waals surface area contributed by atoms with Crippen LogP contribution in [-0.2, 0) is 20.7 Å². The minimum absolute atomic E-state index is 0.0132. The molecule has 0 spiro atoms. The molecule has 1 aromatic rings. The van der Waals surface area contributed by atoms with Crippen LogP contribution in [0.25, 0.3) is 0 Å². The van der Waals surface area contributed by atoms with E-state index < -0.39 is 13.8 Å². The summed E-state index contributed by atoms with van der Waals surface area (Å²) in [6, 6.07) is 5.42. The minimum atomic E-state index is -4.72. The van der Waals surface area contributed by atoms with Crippen molar-refractivity contribution in [2.75, 3.05) is 30.7 Å². The summed E-state index contributed by atoms with van der Waals surface area (Å²) in [6.07, 6.45) is 9.13. The Morgan fingerprint density at radius 3 is 2.50 bits per heavy atom. The number of urea groups is 1. The van der Waals surface area contributed by atoms with Crippen molar-refractivity contribution in [1.29, 1.82) is 0 Å². The molecule has 0 aromatic heterocycles. The van der Waals surface area contributed by atoms with Gasteiger partial charge in [-0.15, -0.1) is 0 Å². The van der Waals surface area contributed by atoms with Gasteiger partial charge in [-0.1, -0.05) is 25.7 Å². The van der Waals surface area contributed by atoms with Gasteiger partial charge in [-0.3, -0.25) is 14.6 Å². The second kappa shape index (κ2) is 15.6. The van der Waals surface area contributed by atoms with Crippen LogP contribution in [0.2, 0.25) is 0 Å². The number of esters is 1. The molecule has 0 radical (unpaired) electrons. The number of thioether (sulfide) groups is 1. The Bertz CT molecular complexity index is 964. The molecule has 13 heteroatoms. The lowest BCUT2D eigenvalue weighted by molar-refractivity contribution is -0.142. The Morgan fingerprint density at radius 2 is 1.79 bits per heavy atom. The Kier molecular flexibility index (Phi) is 12.5. The molecule has 6 N–H and O–H groups in total. The van der Waals surface area contributed by atoms with Crippen LogP contribution in [-0.4, -0.2) is 64.5 Å². The highest BCUT2D eigenvalue weighted by Crippen LogP contribution is 2.40. The SMILES string of the molecule is CC(=O)OCc1cc(NCCCCCCNCCCCCC2SCC3NC(=O)NC32)ccc1OP(=O)(O)O. The maximum atomic E-state index is 11.5. The number of hydrogen-bond donors (Lipinski definition) is 6. The largest absolute Gasteiger partial charge is 0.524 e. The van der Waals surface area contributed by atoms with Gasteiger partial charge in [0.05, 0.1) is 12.1 Å². The van der Waals surface area contributed by atoms with E-state index in [0.29, 0.717) is 22.9 Å². The molecule has 3 atom stereocenters. The molecule has 2 fully saturated rings. The van der Waals surface area contributed by atoms with Gasteiger partial charge in [0, 0.05) is 35.7 Å². The first-order valence-corrected chi connectivity index (χ1v) is 15.9. The van der Waals surface area contributed by atoms with Crippen molar-refractivity contribution >= 4 is 37.3 Å². The van der Waals surface area contributed by atoms with E-state index in [0.717, 1.165) is 56.8 Å². The lowest BCUT2D eigenvalue weighted by atomic mass is 10.0. The smallest absolute Gasteiger partial charge is 0.461 e. The number of carbonyl (C=O) groups excluding carboxylic acids is 2. The predicted octanol–water partition coefficient (Wildman–Crippen LogP) is 3.51. The molecule has 214 valence electrons. The molecular formula is C25H41N4O7PS. The first kappa shape index (κ1) is 30.6. The Hall–Kier alpha value is -1.98. The molecule has 2 saturated heterocycles. The van der Waals surface area contributed by atoms with Gasteiger partial charge in [-0.25, -0.2) is 9.36 Å². The first-order chi connectivity index (χ1) is 18.2. The van der Waals surface area contributed by atoms with Crippen molar-refractivity contribution in [3.8, 4) is 5.75 Å². The van der Waals surface area contributed by atoms with Crippen molar-refractivity contribution in [3.63, 3.8) is 0 Å². The van der Waals surface area contributed by atoms with E-state index in [9.17, 15) is 14.2 Å². The Balaban J connectivity index is 1.18. The number of anilines is 1. The number of phosphoric acid groups is 1. The summed E-state index contributed by atoms with van der Waals surface area (Å²) in [6.45, 7) is 3.96. The quantitative estimate of drug-likeness (QED) is 0.0665. The zero-order valence-corrected chi connectivity index (χ0v) is 23.7. The summed E-state index contributed by atoms with van der Waals surface area (Å²) in [5, 5.41) is 13.4. The third-order valence-corrected chi connectivity index (χ3v) is 8.54. The van der Waals surface area contributed by atoms with E-state index in [4.69, 9.17) is 19.0 Å². The molecule has 2 amide bonds. The summed E-state index contributed by atoms with van der Waals surface area (Å²) in [5.41, 5.74) is 1.15. The van der Waals surface area contributed by atoms with Crippen LogP contribution in [0.15, 0.2) is 18.2 Å². The molecule has 1 aromatic carbocycles. The molecule has 38 heavy (non-hydrogen) atoms. The van der Waals surface area contributed by atoms with Gasteiger partial charge in [-0.05, 0) is 57.0 Å². The molecule has 11 nitrogen and oxygen atoms in total. The van der Waals surface area contributed by atoms with Crippen molar-refractivity contribution in [2.24, 2.45) is 0 Å². The van der Waals surface area contributed by atoms with Gasteiger partial charge in [0.2, 0.25) is 0 Å². The van der Waals surface area contributed by atoms with Gasteiger partial charge in [0.15, 0.2) is 0 Å². The maximum Gasteiger partial charge on any atom is 0.524 e. The molecule has 0 bridgehead atoms. The number of rotatable bonds is 18.